The first-order chi connectivity index (χ1) is 21.1. The molecule has 5 heterocycles. The van der Waals surface area contributed by atoms with E-state index in [4.69, 9.17) is 19.9 Å². The number of hydrogen-bond acceptors (Lipinski definition) is 4. The minimum absolute atomic E-state index is 0. The number of fused-ring (bicyclic) bond motifs is 8. The molecule has 234 valence electrons. The van der Waals surface area contributed by atoms with Gasteiger partial charge in [0.05, 0.1) is 22.8 Å². The molecule has 9 heteroatoms. The minimum Gasteiger partial charge on any atom is -0.657 e. The second kappa shape index (κ2) is 13.8. The first kappa shape index (κ1) is 33.7. The van der Waals surface area contributed by atoms with Crippen LogP contribution in [0.3, 0.4) is 0 Å². The molecule has 0 radical (unpaired) electrons. The number of nitrogens with zero attached hydrogens (tertiary/aromatic N) is 4. The molecule has 2 aliphatic heterocycles. The molecule has 0 spiro atoms. The van der Waals surface area contributed by atoms with E-state index in [1.54, 1.807) is 0 Å². The molecule has 0 saturated carbocycles. The van der Waals surface area contributed by atoms with E-state index in [1.807, 2.05) is 44.2 Å². The van der Waals surface area contributed by atoms with Crippen molar-refractivity contribution in [3.8, 4) is 0 Å². The van der Waals surface area contributed by atoms with Crippen molar-refractivity contribution in [2.45, 2.75) is 79.6 Å². The second-order valence-electron chi connectivity index (χ2n) is 11.2. The predicted molar refractivity (Wildman–Crippen MR) is 175 cm³/mol. The van der Waals surface area contributed by atoms with Gasteiger partial charge in [-0.3, -0.25) is 9.59 Å². The third-order valence-corrected chi connectivity index (χ3v) is 8.68. The molecule has 0 saturated heterocycles. The van der Waals surface area contributed by atoms with Gasteiger partial charge < -0.3 is 20.2 Å². The summed E-state index contributed by atoms with van der Waals surface area (Å²) in [6, 6.07) is 7.90. The number of allylic oxidation sites excluding steroid dienone is 5. The molecular weight excluding hydrogens is 608 g/mol. The van der Waals surface area contributed by atoms with E-state index in [0.717, 1.165) is 91.9 Å². The maximum atomic E-state index is 11.6. The Morgan fingerprint density at radius 2 is 1.20 bits per heavy atom. The van der Waals surface area contributed by atoms with E-state index < -0.39 is 11.9 Å². The van der Waals surface area contributed by atoms with E-state index in [0.29, 0.717) is 24.1 Å². The molecule has 2 N–H and O–H groups in total. The van der Waals surface area contributed by atoms with Crippen molar-refractivity contribution in [3.63, 3.8) is 0 Å². The summed E-state index contributed by atoms with van der Waals surface area (Å²) in [6.07, 6.45) is 4.77. The zero-order valence-corrected chi connectivity index (χ0v) is 27.5. The van der Waals surface area contributed by atoms with Gasteiger partial charge in [-0.25, -0.2) is 9.97 Å². The predicted octanol–water partition coefficient (Wildman–Crippen LogP) is 7.32. The van der Waals surface area contributed by atoms with Gasteiger partial charge in [0.25, 0.3) is 0 Å². The molecule has 0 aromatic carbocycles. The first-order valence-corrected chi connectivity index (χ1v) is 15.2. The van der Waals surface area contributed by atoms with Crippen molar-refractivity contribution >= 4 is 56.3 Å². The van der Waals surface area contributed by atoms with Crippen molar-refractivity contribution in [2.75, 3.05) is 0 Å². The molecule has 0 amide bonds. The largest absolute Gasteiger partial charge is 2.00 e. The van der Waals surface area contributed by atoms with E-state index >= 15 is 0 Å². The van der Waals surface area contributed by atoms with Gasteiger partial charge in [-0.1, -0.05) is 79.9 Å². The summed E-state index contributed by atoms with van der Waals surface area (Å²) in [5, 5.41) is 19.0. The Morgan fingerprint density at radius 1 is 0.711 bits per heavy atom. The summed E-state index contributed by atoms with van der Waals surface area (Å²) < 4.78 is 0. The first-order valence-electron chi connectivity index (χ1n) is 15.2. The van der Waals surface area contributed by atoms with Gasteiger partial charge >= 0.3 is 29.0 Å². The Balaban J connectivity index is 0.00000461. The summed E-state index contributed by atoms with van der Waals surface area (Å²) in [6.45, 7) is 14.4. The van der Waals surface area contributed by atoms with Crippen LogP contribution in [-0.4, -0.2) is 32.1 Å². The number of aryl methyl sites for hydroxylation is 4. The van der Waals surface area contributed by atoms with Crippen LogP contribution in [0.15, 0.2) is 36.9 Å². The Labute approximate surface area is 273 Å². The van der Waals surface area contributed by atoms with Crippen LogP contribution in [0.4, 0.5) is 0 Å². The number of carbonyl (C=O) groups is 2. The van der Waals surface area contributed by atoms with Crippen LogP contribution in [0, 0.1) is 6.92 Å². The fourth-order valence-electron chi connectivity index (χ4n) is 6.37. The number of aliphatic carboxylic acids is 2. The van der Waals surface area contributed by atoms with Gasteiger partial charge in [0.15, 0.2) is 0 Å². The summed E-state index contributed by atoms with van der Waals surface area (Å²) >= 11 is 0. The topological polar surface area (TPSA) is 129 Å². The molecule has 2 aliphatic rings. The molecule has 8 nitrogen and oxygen atoms in total. The summed E-state index contributed by atoms with van der Waals surface area (Å²) in [4.78, 5) is 43.3. The molecule has 0 aliphatic carbocycles. The molecule has 5 rings (SSSR count). The number of hydrogen-bond donors (Lipinski definition) is 2. The van der Waals surface area contributed by atoms with Crippen molar-refractivity contribution in [3.05, 3.63) is 81.9 Å². The monoisotopic (exact) mass is 646 g/mol. The van der Waals surface area contributed by atoms with Gasteiger partial charge in [0.1, 0.15) is 0 Å². The Morgan fingerprint density at radius 3 is 1.78 bits per heavy atom. The van der Waals surface area contributed by atoms with Crippen LogP contribution in [0.5, 0.6) is 0 Å². The van der Waals surface area contributed by atoms with Gasteiger partial charge in [0, 0.05) is 18.4 Å². The fourth-order valence-corrected chi connectivity index (χ4v) is 6.37. The Kier molecular flexibility index (Phi) is 10.4. The smallest absolute Gasteiger partial charge is 0.657 e. The van der Waals surface area contributed by atoms with E-state index in [2.05, 4.69) is 27.4 Å². The van der Waals surface area contributed by atoms with Crippen molar-refractivity contribution in [1.82, 2.24) is 19.9 Å². The van der Waals surface area contributed by atoms with Crippen LogP contribution in [0.25, 0.3) is 44.4 Å². The zero-order chi connectivity index (χ0) is 31.7. The molecular formula is C36H38FeN4O4. The van der Waals surface area contributed by atoms with E-state index in [9.17, 15) is 19.8 Å². The summed E-state index contributed by atoms with van der Waals surface area (Å²) in [5.74, 6) is -1.77. The van der Waals surface area contributed by atoms with Crippen LogP contribution in [0.2, 0.25) is 0 Å². The van der Waals surface area contributed by atoms with Crippen LogP contribution >= 0.6 is 0 Å². The third-order valence-electron chi connectivity index (χ3n) is 8.68. The summed E-state index contributed by atoms with van der Waals surface area (Å²) in [7, 11) is 0. The quantitative estimate of drug-likeness (QED) is 0.219. The molecule has 0 atom stereocenters. The molecule has 0 unspecified atom stereocenters. The normalized spacial score (nSPS) is 12.8. The molecule has 45 heavy (non-hydrogen) atoms. The van der Waals surface area contributed by atoms with Gasteiger partial charge in [-0.05, 0) is 62.7 Å². The maximum absolute atomic E-state index is 11.6. The number of rotatable bonds is 10. The van der Waals surface area contributed by atoms with Crippen LogP contribution < -0.4 is 9.97 Å². The maximum Gasteiger partial charge on any atom is 2.00 e. The number of carboxylic acids is 2. The molecule has 3 aromatic heterocycles. The number of aromatic nitrogens is 4. The number of carboxylic acid groups (broad SMARTS) is 2. The van der Waals surface area contributed by atoms with Crippen LogP contribution in [0.1, 0.15) is 98.4 Å². The SMILES string of the molecule is C=CC1=C(CC)c2cc3[n-]c(cc4nc(cc5[n-]c(cc1n2)c(CC)c5CC)C(C)=C4CCC(=O)O)c(CCC(=O)O)c3C.[Fe+2]. The van der Waals surface area contributed by atoms with E-state index in [-0.39, 0.29) is 29.9 Å². The van der Waals surface area contributed by atoms with E-state index in [1.165, 1.54) is 5.56 Å². The second-order valence-corrected chi connectivity index (χ2v) is 11.2. The standard InChI is InChI=1S/C36H40N4O4.Fe/c1-7-21-23(9-3)31-17-32-24(10-4)22(8-2)30(40-32)16-28-20(6)26(12-14-36(43)44)34(38-28)18-33-25(11-13-35(41)42)19(5)27(37-33)15-29(21)39-31;/h9,15-18H,3,7-8,10-14H2,1-2,4-6H3,(H4,37,38,39,40,41,42,43,44);/q;+2/p-2. The summed E-state index contributed by atoms with van der Waals surface area (Å²) in [5.41, 5.74) is 13.9. The fraction of sp³-hybridized carbons (Fsp3) is 0.333. The molecule has 0 fully saturated rings. The minimum atomic E-state index is -0.886. The Hall–Kier alpha value is -4.20. The molecule has 3 aromatic rings. The van der Waals surface area contributed by atoms with Crippen molar-refractivity contribution < 1.29 is 36.9 Å². The average Bonchev–Trinajstić information content (AvgIpc) is 3.67. The van der Waals surface area contributed by atoms with Gasteiger partial charge in [-0.15, -0.1) is 22.1 Å². The Bertz CT molecular complexity index is 1930. The van der Waals surface area contributed by atoms with Gasteiger partial charge in [-0.2, -0.15) is 0 Å². The molecule has 8 bridgehead atoms. The third kappa shape index (κ3) is 6.46. The van der Waals surface area contributed by atoms with Gasteiger partial charge in [0.2, 0.25) is 0 Å². The van der Waals surface area contributed by atoms with Crippen LogP contribution in [-0.2, 0) is 45.9 Å². The van der Waals surface area contributed by atoms with Crippen molar-refractivity contribution in [2.24, 2.45) is 0 Å². The zero-order valence-electron chi connectivity index (χ0n) is 26.4. The van der Waals surface area contributed by atoms with Crippen molar-refractivity contribution in [1.29, 1.82) is 0 Å². The average molecular weight is 647 g/mol.